The second-order valence-corrected chi connectivity index (χ2v) is 10.1. The lowest BCUT2D eigenvalue weighted by Gasteiger charge is -2.29. The normalized spacial score (nSPS) is 18.4. The van der Waals surface area contributed by atoms with Gasteiger partial charge >= 0.3 is 6.09 Å². The highest BCUT2D eigenvalue weighted by Crippen LogP contribution is 2.33. The molecule has 0 bridgehead atoms. The molecule has 5 rings (SSSR count). The molecule has 0 aliphatic carbocycles. The highest BCUT2D eigenvalue weighted by molar-refractivity contribution is 8.18. The van der Waals surface area contributed by atoms with Crippen molar-refractivity contribution >= 4 is 74.8 Å². The van der Waals surface area contributed by atoms with Crippen LogP contribution < -0.4 is 10.6 Å². The van der Waals surface area contributed by atoms with E-state index < -0.39 is 6.09 Å². The Morgan fingerprint density at radius 3 is 2.78 bits per heavy atom. The van der Waals surface area contributed by atoms with Crippen LogP contribution in [0, 0.1) is 5.92 Å². The minimum Gasteiger partial charge on any atom is -0.465 e. The Morgan fingerprint density at radius 2 is 2.00 bits per heavy atom. The standard InChI is InChI=1S/C26H22ClN5O4S/c27-19-5-4-18(29-23(33)16-7-10-32(11-8-16)26(35)36)14-21(19)30-25-31-24(34)22(37-25)13-15-3-6-20-17(12-15)2-1-9-28-20/h1-6,9,12-14,16H,7-8,10-11H2,(H,29,33)(H,35,36)(H,30,31,34)/b22-13-. The number of piperidine rings is 1. The zero-order valence-corrected chi connectivity index (χ0v) is 21.1. The molecule has 9 nitrogen and oxygen atoms in total. The Balaban J connectivity index is 1.28. The first-order chi connectivity index (χ1) is 17.9. The minimum atomic E-state index is -0.968. The summed E-state index contributed by atoms with van der Waals surface area (Å²) in [5, 5.41) is 16.4. The van der Waals surface area contributed by atoms with E-state index in [-0.39, 0.29) is 17.7 Å². The number of benzene rings is 2. The number of nitrogens with one attached hydrogen (secondary N) is 2. The fraction of sp³-hybridized carbons (Fsp3) is 0.192. The van der Waals surface area contributed by atoms with Crippen molar-refractivity contribution in [2.45, 2.75) is 12.8 Å². The topological polar surface area (TPSA) is 124 Å². The van der Waals surface area contributed by atoms with E-state index in [4.69, 9.17) is 16.7 Å². The van der Waals surface area contributed by atoms with E-state index in [1.807, 2.05) is 30.3 Å². The monoisotopic (exact) mass is 535 g/mol. The molecule has 2 aromatic carbocycles. The van der Waals surface area contributed by atoms with Crippen molar-refractivity contribution in [2.75, 3.05) is 18.4 Å². The van der Waals surface area contributed by atoms with Crippen LogP contribution in [-0.4, -0.2) is 51.2 Å². The third-order valence-electron chi connectivity index (χ3n) is 6.15. The molecule has 2 fully saturated rings. The van der Waals surface area contributed by atoms with Gasteiger partial charge in [0.25, 0.3) is 5.91 Å². The van der Waals surface area contributed by atoms with Crippen LogP contribution in [0.15, 0.2) is 64.6 Å². The van der Waals surface area contributed by atoms with Crippen LogP contribution in [0.2, 0.25) is 5.02 Å². The number of amidine groups is 1. The van der Waals surface area contributed by atoms with Crippen LogP contribution in [0.1, 0.15) is 18.4 Å². The van der Waals surface area contributed by atoms with Gasteiger partial charge in [-0.3, -0.25) is 14.6 Å². The number of thioether (sulfide) groups is 1. The number of aliphatic imine (C=N–C) groups is 1. The highest BCUT2D eigenvalue weighted by atomic mass is 35.5. The highest BCUT2D eigenvalue weighted by Gasteiger charge is 2.27. The smallest absolute Gasteiger partial charge is 0.407 e. The predicted molar refractivity (Wildman–Crippen MR) is 145 cm³/mol. The maximum Gasteiger partial charge on any atom is 0.407 e. The number of halogens is 1. The zero-order valence-electron chi connectivity index (χ0n) is 19.5. The molecule has 2 aliphatic heterocycles. The summed E-state index contributed by atoms with van der Waals surface area (Å²) in [6.07, 6.45) is 3.49. The van der Waals surface area contributed by atoms with E-state index in [1.54, 1.807) is 30.5 Å². The van der Waals surface area contributed by atoms with Crippen molar-refractivity contribution in [2.24, 2.45) is 10.9 Å². The number of nitrogens with zero attached hydrogens (tertiary/aromatic N) is 3. The molecule has 0 unspecified atom stereocenters. The van der Waals surface area contributed by atoms with Gasteiger partial charge in [0.2, 0.25) is 5.91 Å². The third kappa shape index (κ3) is 5.76. The second-order valence-electron chi connectivity index (χ2n) is 8.64. The number of hydrogen-bond donors (Lipinski definition) is 3. The first-order valence-electron chi connectivity index (χ1n) is 11.6. The Kier molecular flexibility index (Phi) is 7.11. The SMILES string of the molecule is O=C1NC(=Nc2cc(NC(=O)C3CCN(C(=O)O)CC3)ccc2Cl)S/C1=C\c1ccc2ncccc2c1. The number of carbonyl (C=O) groups excluding carboxylic acids is 2. The molecular weight excluding hydrogens is 514 g/mol. The van der Waals surface area contributed by atoms with Gasteiger partial charge < -0.3 is 20.6 Å². The summed E-state index contributed by atoms with van der Waals surface area (Å²) < 4.78 is 0. The first-order valence-corrected chi connectivity index (χ1v) is 12.8. The summed E-state index contributed by atoms with van der Waals surface area (Å²) in [5.41, 5.74) is 2.67. The molecule has 0 atom stereocenters. The van der Waals surface area contributed by atoms with Crippen LogP contribution in [-0.2, 0) is 9.59 Å². The van der Waals surface area contributed by atoms with Crippen molar-refractivity contribution in [1.82, 2.24) is 15.2 Å². The van der Waals surface area contributed by atoms with Crippen LogP contribution in [0.4, 0.5) is 16.2 Å². The van der Waals surface area contributed by atoms with Crippen LogP contribution in [0.5, 0.6) is 0 Å². The van der Waals surface area contributed by atoms with E-state index in [0.29, 0.717) is 52.4 Å². The lowest BCUT2D eigenvalue weighted by molar-refractivity contribution is -0.121. The van der Waals surface area contributed by atoms with Gasteiger partial charge in [-0.05, 0) is 72.6 Å². The van der Waals surface area contributed by atoms with Crippen LogP contribution in [0.3, 0.4) is 0 Å². The molecule has 0 spiro atoms. The number of carbonyl (C=O) groups is 3. The molecule has 0 radical (unpaired) electrons. The van der Waals surface area contributed by atoms with Crippen molar-refractivity contribution < 1.29 is 19.5 Å². The quantitative estimate of drug-likeness (QED) is 0.399. The van der Waals surface area contributed by atoms with Gasteiger partial charge in [-0.2, -0.15) is 0 Å². The van der Waals surface area contributed by atoms with E-state index in [0.717, 1.165) is 16.5 Å². The molecule has 1 aromatic heterocycles. The van der Waals surface area contributed by atoms with Crippen molar-refractivity contribution in [1.29, 1.82) is 0 Å². The summed E-state index contributed by atoms with van der Waals surface area (Å²) in [7, 11) is 0. The molecular formula is C26H22ClN5O4S. The van der Waals surface area contributed by atoms with Gasteiger partial charge in [-0.15, -0.1) is 0 Å². The van der Waals surface area contributed by atoms with Gasteiger partial charge in [0, 0.05) is 36.3 Å². The average molecular weight is 536 g/mol. The van der Waals surface area contributed by atoms with Crippen LogP contribution >= 0.6 is 23.4 Å². The molecule has 11 heteroatoms. The van der Waals surface area contributed by atoms with Gasteiger partial charge in [0.15, 0.2) is 5.17 Å². The molecule has 3 heterocycles. The number of carboxylic acid groups (broad SMARTS) is 1. The van der Waals surface area contributed by atoms with E-state index >= 15 is 0 Å². The fourth-order valence-electron chi connectivity index (χ4n) is 4.18. The summed E-state index contributed by atoms with van der Waals surface area (Å²) in [6.45, 7) is 0.658. The number of amides is 3. The molecule has 188 valence electrons. The minimum absolute atomic E-state index is 0.176. The van der Waals surface area contributed by atoms with E-state index in [2.05, 4.69) is 20.6 Å². The van der Waals surface area contributed by atoms with E-state index in [9.17, 15) is 14.4 Å². The fourth-order valence-corrected chi connectivity index (χ4v) is 5.17. The van der Waals surface area contributed by atoms with Crippen molar-refractivity contribution in [3.05, 3.63) is 70.2 Å². The molecule has 37 heavy (non-hydrogen) atoms. The zero-order chi connectivity index (χ0) is 25.9. The molecule has 3 aromatic rings. The third-order valence-corrected chi connectivity index (χ3v) is 7.38. The number of pyridine rings is 1. The molecule has 2 saturated heterocycles. The number of fused-ring (bicyclic) bond motifs is 1. The number of hydrogen-bond acceptors (Lipinski definition) is 6. The lowest BCUT2D eigenvalue weighted by Crippen LogP contribution is -2.40. The summed E-state index contributed by atoms with van der Waals surface area (Å²) >= 11 is 7.54. The van der Waals surface area contributed by atoms with Crippen molar-refractivity contribution in [3.8, 4) is 0 Å². The Morgan fingerprint density at radius 1 is 1.19 bits per heavy atom. The Labute approximate surface area is 221 Å². The summed E-state index contributed by atoms with van der Waals surface area (Å²) in [4.78, 5) is 47.0. The molecule has 3 amide bonds. The van der Waals surface area contributed by atoms with Crippen LogP contribution in [0.25, 0.3) is 17.0 Å². The Bertz CT molecular complexity index is 1470. The maximum atomic E-state index is 12.7. The lowest BCUT2D eigenvalue weighted by atomic mass is 9.96. The number of likely N-dealkylation sites (tertiary alicyclic amines) is 1. The van der Waals surface area contributed by atoms with Gasteiger partial charge in [-0.25, -0.2) is 9.79 Å². The average Bonchev–Trinajstić information content (AvgIpc) is 3.24. The van der Waals surface area contributed by atoms with Gasteiger partial charge in [0.05, 0.1) is 21.1 Å². The summed E-state index contributed by atoms with van der Waals surface area (Å²) in [6, 6.07) is 14.6. The number of rotatable bonds is 4. The van der Waals surface area contributed by atoms with Gasteiger partial charge in [0.1, 0.15) is 0 Å². The first kappa shape index (κ1) is 24.8. The number of anilines is 1. The molecule has 0 saturated carbocycles. The predicted octanol–water partition coefficient (Wildman–Crippen LogP) is 5.11. The van der Waals surface area contributed by atoms with E-state index in [1.165, 1.54) is 16.7 Å². The maximum absolute atomic E-state index is 12.7. The largest absolute Gasteiger partial charge is 0.465 e. The molecule has 3 N–H and O–H groups in total. The second kappa shape index (κ2) is 10.6. The Hall–Kier alpha value is -3.89. The molecule has 2 aliphatic rings. The van der Waals surface area contributed by atoms with Crippen molar-refractivity contribution in [3.63, 3.8) is 0 Å². The number of aromatic nitrogens is 1. The summed E-state index contributed by atoms with van der Waals surface area (Å²) in [5.74, 6) is -0.710. The van der Waals surface area contributed by atoms with Gasteiger partial charge in [-0.1, -0.05) is 23.7 Å².